The number of ketones is 1. The van der Waals surface area contributed by atoms with Gasteiger partial charge in [0.25, 0.3) is 0 Å². The smallest absolute Gasteiger partial charge is 0.182 e. The van der Waals surface area contributed by atoms with Gasteiger partial charge in [0.2, 0.25) is 0 Å². The molecule has 0 saturated carbocycles. The Labute approximate surface area is 122 Å². The number of benzene rings is 1. The molecule has 1 aromatic carbocycles. The summed E-state index contributed by atoms with van der Waals surface area (Å²) < 4.78 is 5.28. The summed E-state index contributed by atoms with van der Waals surface area (Å²) in [5.74, 6) is 0.0137. The first-order valence-corrected chi connectivity index (χ1v) is 6.64. The highest BCUT2D eigenvalue weighted by Gasteiger charge is 2.29. The monoisotopic (exact) mass is 299 g/mol. The number of aliphatic hydroxyl groups is 4. The average molecular weight is 299 g/mol. The molecule has 0 aliphatic carbocycles. The van der Waals surface area contributed by atoms with Crippen LogP contribution < -0.4 is 10.1 Å². The molecule has 7 nitrogen and oxygen atoms in total. The molecule has 7 heteroatoms. The number of ether oxygens (including phenoxy) is 1. The predicted molar refractivity (Wildman–Crippen MR) is 76.2 cm³/mol. The maximum Gasteiger partial charge on any atom is 0.182 e. The van der Waals surface area contributed by atoms with E-state index in [1.165, 1.54) is 0 Å². The highest BCUT2D eigenvalue weighted by Crippen LogP contribution is 2.15. The lowest BCUT2D eigenvalue weighted by molar-refractivity contribution is -0.138. The quantitative estimate of drug-likeness (QED) is 0.402. The lowest BCUT2D eigenvalue weighted by Gasteiger charge is -2.20. The van der Waals surface area contributed by atoms with E-state index < -0.39 is 30.7 Å². The topological polar surface area (TPSA) is 119 Å². The fourth-order valence-electron chi connectivity index (χ4n) is 1.64. The molecule has 0 saturated heterocycles. The first-order chi connectivity index (χ1) is 9.99. The molecule has 21 heavy (non-hydrogen) atoms. The van der Waals surface area contributed by atoms with Crippen LogP contribution in [0.25, 0.3) is 0 Å². The van der Waals surface area contributed by atoms with E-state index in [-0.39, 0.29) is 6.54 Å². The standard InChI is InChI=1S/C14H21NO6/c1-2-21-10-5-3-9(4-6-10)15-7-11(17)13(19)14(20)12(18)8-16/h3-6,12-16,18-20H,2,7-8H2,1H3/t12-,13-,14-/m1/s1. The SMILES string of the molecule is CCOc1ccc(NCC(=O)[C@@H](O)[C@H](O)[C@H](O)CO)cc1. The van der Waals surface area contributed by atoms with Gasteiger partial charge in [-0.1, -0.05) is 0 Å². The number of anilines is 1. The molecule has 0 amide bonds. The summed E-state index contributed by atoms with van der Waals surface area (Å²) in [5, 5.41) is 39.6. The van der Waals surface area contributed by atoms with Crippen LogP contribution in [0.2, 0.25) is 0 Å². The molecule has 118 valence electrons. The fraction of sp³-hybridized carbons (Fsp3) is 0.500. The summed E-state index contributed by atoms with van der Waals surface area (Å²) in [6, 6.07) is 6.89. The van der Waals surface area contributed by atoms with E-state index in [2.05, 4.69) is 5.32 Å². The minimum absolute atomic E-state index is 0.218. The zero-order chi connectivity index (χ0) is 15.8. The van der Waals surface area contributed by atoms with Crippen molar-refractivity contribution in [3.8, 4) is 5.75 Å². The Morgan fingerprint density at radius 1 is 1.24 bits per heavy atom. The Morgan fingerprint density at radius 2 is 1.86 bits per heavy atom. The van der Waals surface area contributed by atoms with Crippen molar-refractivity contribution in [1.29, 1.82) is 0 Å². The summed E-state index contributed by atoms with van der Waals surface area (Å²) in [6.07, 6.45) is -5.04. The summed E-state index contributed by atoms with van der Waals surface area (Å²) in [4.78, 5) is 11.7. The highest BCUT2D eigenvalue weighted by atomic mass is 16.5. The number of hydrogen-bond donors (Lipinski definition) is 5. The van der Waals surface area contributed by atoms with Gasteiger partial charge in [0.1, 0.15) is 24.1 Å². The van der Waals surface area contributed by atoms with Gasteiger partial charge in [-0.25, -0.2) is 0 Å². The molecule has 0 spiro atoms. The maximum absolute atomic E-state index is 11.7. The normalized spacial score (nSPS) is 15.1. The van der Waals surface area contributed by atoms with Gasteiger partial charge >= 0.3 is 0 Å². The van der Waals surface area contributed by atoms with Crippen molar-refractivity contribution in [2.24, 2.45) is 0 Å². The largest absolute Gasteiger partial charge is 0.494 e. The van der Waals surface area contributed by atoms with Crippen molar-refractivity contribution in [3.05, 3.63) is 24.3 Å². The number of hydrogen-bond acceptors (Lipinski definition) is 7. The van der Waals surface area contributed by atoms with E-state index in [0.717, 1.165) is 0 Å². The maximum atomic E-state index is 11.7. The van der Waals surface area contributed by atoms with Gasteiger partial charge in [0, 0.05) is 5.69 Å². The second-order valence-electron chi connectivity index (χ2n) is 4.46. The number of carbonyl (C=O) groups excluding carboxylic acids is 1. The van der Waals surface area contributed by atoms with Crippen molar-refractivity contribution in [2.75, 3.05) is 25.1 Å². The third kappa shape index (κ3) is 5.31. The van der Waals surface area contributed by atoms with Crippen LogP contribution in [0.5, 0.6) is 5.75 Å². The van der Waals surface area contributed by atoms with Gasteiger partial charge in [0.05, 0.1) is 19.8 Å². The molecule has 0 bridgehead atoms. The van der Waals surface area contributed by atoms with E-state index in [1.807, 2.05) is 6.92 Å². The van der Waals surface area contributed by atoms with Crippen LogP contribution in [0.4, 0.5) is 5.69 Å². The molecule has 0 radical (unpaired) electrons. The summed E-state index contributed by atoms with van der Waals surface area (Å²) in [6.45, 7) is 1.48. The Balaban J connectivity index is 2.48. The Kier molecular flexibility index (Phi) is 7.10. The lowest BCUT2D eigenvalue weighted by atomic mass is 10.0. The zero-order valence-corrected chi connectivity index (χ0v) is 11.8. The van der Waals surface area contributed by atoms with Crippen LogP contribution in [0, 0.1) is 0 Å². The molecule has 5 N–H and O–H groups in total. The molecule has 0 aliphatic rings. The van der Waals surface area contributed by atoms with Crippen LogP contribution in [-0.2, 0) is 4.79 Å². The number of aliphatic hydroxyl groups excluding tert-OH is 4. The molecule has 0 aromatic heterocycles. The Hall–Kier alpha value is -1.67. The third-order valence-corrected chi connectivity index (χ3v) is 2.87. The first-order valence-electron chi connectivity index (χ1n) is 6.64. The predicted octanol–water partition coefficient (Wildman–Crippen LogP) is -0.859. The molecule has 0 aliphatic heterocycles. The van der Waals surface area contributed by atoms with Crippen LogP contribution in [0.1, 0.15) is 6.92 Å². The third-order valence-electron chi connectivity index (χ3n) is 2.87. The van der Waals surface area contributed by atoms with Gasteiger partial charge < -0.3 is 30.5 Å². The minimum atomic E-state index is -1.76. The van der Waals surface area contributed by atoms with Crippen molar-refractivity contribution in [2.45, 2.75) is 25.2 Å². The molecule has 0 fully saturated rings. The highest BCUT2D eigenvalue weighted by molar-refractivity contribution is 5.87. The molecule has 0 heterocycles. The van der Waals surface area contributed by atoms with Crippen LogP contribution in [-0.4, -0.2) is 64.3 Å². The molecule has 0 unspecified atom stereocenters. The number of Topliss-reactive ketones (excluding diaryl/α,β-unsaturated/α-hetero) is 1. The molecular formula is C14H21NO6. The van der Waals surface area contributed by atoms with Gasteiger partial charge in [-0.2, -0.15) is 0 Å². The number of rotatable bonds is 9. The second-order valence-corrected chi connectivity index (χ2v) is 4.46. The second kappa shape index (κ2) is 8.58. The molecule has 3 atom stereocenters. The minimum Gasteiger partial charge on any atom is -0.494 e. The van der Waals surface area contributed by atoms with E-state index in [0.29, 0.717) is 18.0 Å². The fourth-order valence-corrected chi connectivity index (χ4v) is 1.64. The number of nitrogens with one attached hydrogen (secondary N) is 1. The van der Waals surface area contributed by atoms with Gasteiger partial charge in [-0.3, -0.25) is 4.79 Å². The van der Waals surface area contributed by atoms with Crippen LogP contribution in [0.3, 0.4) is 0 Å². The van der Waals surface area contributed by atoms with E-state index in [9.17, 15) is 15.0 Å². The summed E-state index contributed by atoms with van der Waals surface area (Å²) in [7, 11) is 0. The van der Waals surface area contributed by atoms with E-state index in [1.54, 1.807) is 24.3 Å². The zero-order valence-electron chi connectivity index (χ0n) is 11.8. The molecular weight excluding hydrogens is 278 g/mol. The Morgan fingerprint density at radius 3 is 2.38 bits per heavy atom. The summed E-state index contributed by atoms with van der Waals surface area (Å²) in [5.41, 5.74) is 0.649. The van der Waals surface area contributed by atoms with E-state index >= 15 is 0 Å². The number of carbonyl (C=O) groups is 1. The van der Waals surface area contributed by atoms with Crippen molar-refractivity contribution < 1.29 is 30.0 Å². The summed E-state index contributed by atoms with van der Waals surface area (Å²) >= 11 is 0. The molecule has 1 rings (SSSR count). The van der Waals surface area contributed by atoms with Crippen LogP contribution in [0.15, 0.2) is 24.3 Å². The Bertz CT molecular complexity index is 436. The van der Waals surface area contributed by atoms with Crippen LogP contribution >= 0.6 is 0 Å². The van der Waals surface area contributed by atoms with Crippen molar-refractivity contribution >= 4 is 11.5 Å². The molecule has 1 aromatic rings. The first kappa shape index (κ1) is 17.4. The van der Waals surface area contributed by atoms with Gasteiger partial charge in [-0.05, 0) is 31.2 Å². The van der Waals surface area contributed by atoms with Gasteiger partial charge in [-0.15, -0.1) is 0 Å². The van der Waals surface area contributed by atoms with Crippen molar-refractivity contribution in [3.63, 3.8) is 0 Å². The van der Waals surface area contributed by atoms with E-state index in [4.69, 9.17) is 14.9 Å². The van der Waals surface area contributed by atoms with Crippen molar-refractivity contribution in [1.82, 2.24) is 0 Å². The average Bonchev–Trinajstić information content (AvgIpc) is 2.51. The lowest BCUT2D eigenvalue weighted by Crippen LogP contribution is -2.45. The van der Waals surface area contributed by atoms with Gasteiger partial charge in [0.15, 0.2) is 5.78 Å².